The van der Waals surface area contributed by atoms with Crippen LogP contribution in [0.15, 0.2) is 24.3 Å². The summed E-state index contributed by atoms with van der Waals surface area (Å²) in [5.74, 6) is 3.52. The maximum atomic E-state index is 2.48. The van der Waals surface area contributed by atoms with Crippen LogP contribution in [0.4, 0.5) is 0 Å². The van der Waals surface area contributed by atoms with Crippen molar-refractivity contribution in [3.63, 3.8) is 0 Å². The molecule has 2 aliphatic carbocycles. The van der Waals surface area contributed by atoms with Crippen molar-refractivity contribution in [2.24, 2.45) is 11.8 Å². The highest BCUT2D eigenvalue weighted by Gasteiger charge is 2.31. The Kier molecular flexibility index (Phi) is 2.53. The summed E-state index contributed by atoms with van der Waals surface area (Å²) in [7, 11) is 0. The van der Waals surface area contributed by atoms with E-state index in [0.717, 1.165) is 23.7 Å². The predicted octanol–water partition coefficient (Wildman–Crippen LogP) is 4.71. The van der Waals surface area contributed by atoms with Gasteiger partial charge in [-0.15, -0.1) is 0 Å². The van der Waals surface area contributed by atoms with Crippen LogP contribution >= 0.6 is 0 Å². The van der Waals surface area contributed by atoms with E-state index in [1.807, 2.05) is 0 Å². The second-order valence-electron chi connectivity index (χ2n) is 5.92. The molecule has 2 saturated carbocycles. The van der Waals surface area contributed by atoms with E-state index in [9.17, 15) is 0 Å². The average Bonchev–Trinajstić information content (AvgIpc) is 3.20. The maximum Gasteiger partial charge on any atom is -0.0162 e. The fourth-order valence-electron chi connectivity index (χ4n) is 2.86. The van der Waals surface area contributed by atoms with Crippen molar-refractivity contribution in [3.05, 3.63) is 35.4 Å². The Labute approximate surface area is 99.1 Å². The van der Waals surface area contributed by atoms with Crippen LogP contribution in [-0.4, -0.2) is 0 Å². The van der Waals surface area contributed by atoms with Gasteiger partial charge in [-0.2, -0.15) is 0 Å². The molecule has 0 N–H and O–H groups in total. The van der Waals surface area contributed by atoms with Crippen molar-refractivity contribution in [1.82, 2.24) is 0 Å². The van der Waals surface area contributed by atoms with Gasteiger partial charge in [-0.25, -0.2) is 0 Å². The van der Waals surface area contributed by atoms with E-state index in [1.165, 1.54) is 25.7 Å². The molecule has 1 aromatic rings. The zero-order valence-corrected chi connectivity index (χ0v) is 10.4. The Morgan fingerprint density at radius 2 is 1.31 bits per heavy atom. The summed E-state index contributed by atoms with van der Waals surface area (Å²) in [6.45, 7) is 4.80. The fraction of sp³-hybridized carbons (Fsp3) is 0.625. The first-order chi connectivity index (χ1) is 7.75. The van der Waals surface area contributed by atoms with Crippen LogP contribution in [0.5, 0.6) is 0 Å². The Morgan fingerprint density at radius 1 is 0.875 bits per heavy atom. The third-order valence-electron chi connectivity index (χ3n) is 4.62. The molecule has 0 aromatic heterocycles. The second-order valence-corrected chi connectivity index (χ2v) is 5.92. The van der Waals surface area contributed by atoms with Crippen molar-refractivity contribution in [1.29, 1.82) is 0 Å². The van der Waals surface area contributed by atoms with Crippen molar-refractivity contribution < 1.29 is 0 Å². The Balaban J connectivity index is 1.80. The standard InChI is InChI=1S/C16H22/c1-11(13-6-7-13)15-4-3-5-16(10-15)12(2)14-8-9-14/h3-5,10-14H,6-9H2,1-2H3. The van der Waals surface area contributed by atoms with Crippen LogP contribution in [0.25, 0.3) is 0 Å². The number of benzene rings is 1. The van der Waals surface area contributed by atoms with Gasteiger partial charge in [-0.3, -0.25) is 0 Å². The predicted molar refractivity (Wildman–Crippen MR) is 68.7 cm³/mol. The number of rotatable bonds is 4. The summed E-state index contributed by atoms with van der Waals surface area (Å²) in [6.07, 6.45) is 5.79. The summed E-state index contributed by atoms with van der Waals surface area (Å²) < 4.78 is 0. The molecule has 0 radical (unpaired) electrons. The van der Waals surface area contributed by atoms with Gasteiger partial charge in [0.15, 0.2) is 0 Å². The van der Waals surface area contributed by atoms with E-state index in [2.05, 4.69) is 38.1 Å². The van der Waals surface area contributed by atoms with E-state index >= 15 is 0 Å². The van der Waals surface area contributed by atoms with E-state index < -0.39 is 0 Å². The quantitative estimate of drug-likeness (QED) is 0.680. The minimum absolute atomic E-state index is 0.784. The van der Waals surface area contributed by atoms with Crippen LogP contribution in [0.1, 0.15) is 62.5 Å². The third-order valence-corrected chi connectivity index (χ3v) is 4.62. The van der Waals surface area contributed by atoms with Gasteiger partial charge in [0.2, 0.25) is 0 Å². The molecule has 0 nitrogen and oxygen atoms in total. The minimum Gasteiger partial charge on any atom is -0.0617 e. The fourth-order valence-corrected chi connectivity index (χ4v) is 2.86. The zero-order chi connectivity index (χ0) is 11.1. The topological polar surface area (TPSA) is 0 Å². The molecule has 16 heavy (non-hydrogen) atoms. The van der Waals surface area contributed by atoms with Crippen molar-refractivity contribution in [3.8, 4) is 0 Å². The monoisotopic (exact) mass is 214 g/mol. The first-order valence-electron chi connectivity index (χ1n) is 6.85. The number of hydrogen-bond donors (Lipinski definition) is 0. The Bertz CT molecular complexity index is 338. The normalized spacial score (nSPS) is 24.1. The van der Waals surface area contributed by atoms with E-state index in [4.69, 9.17) is 0 Å². The summed E-state index contributed by atoms with van der Waals surface area (Å²) in [6, 6.07) is 9.40. The molecule has 2 fully saturated rings. The molecule has 0 bridgehead atoms. The summed E-state index contributed by atoms with van der Waals surface area (Å²) in [5, 5.41) is 0. The Hall–Kier alpha value is -0.780. The molecule has 86 valence electrons. The average molecular weight is 214 g/mol. The van der Waals surface area contributed by atoms with Crippen LogP contribution < -0.4 is 0 Å². The lowest BCUT2D eigenvalue weighted by atomic mass is 9.90. The van der Waals surface area contributed by atoms with Gasteiger partial charge >= 0.3 is 0 Å². The molecular formula is C16H22. The highest BCUT2D eigenvalue weighted by atomic mass is 14.4. The SMILES string of the molecule is CC(c1cccc(C(C)C2CC2)c1)C1CC1. The lowest BCUT2D eigenvalue weighted by Crippen LogP contribution is -2.00. The van der Waals surface area contributed by atoms with Crippen molar-refractivity contribution in [2.45, 2.75) is 51.4 Å². The van der Waals surface area contributed by atoms with Gasteiger partial charge in [-0.1, -0.05) is 38.1 Å². The molecule has 2 unspecified atom stereocenters. The molecule has 0 amide bonds. The van der Waals surface area contributed by atoms with Crippen LogP contribution in [-0.2, 0) is 0 Å². The molecule has 0 heterocycles. The molecule has 3 rings (SSSR count). The van der Waals surface area contributed by atoms with Gasteiger partial charge in [-0.05, 0) is 60.5 Å². The van der Waals surface area contributed by atoms with Gasteiger partial charge in [0.1, 0.15) is 0 Å². The lowest BCUT2D eigenvalue weighted by Gasteiger charge is -2.15. The smallest absolute Gasteiger partial charge is 0.0162 e. The van der Waals surface area contributed by atoms with Crippen molar-refractivity contribution in [2.75, 3.05) is 0 Å². The van der Waals surface area contributed by atoms with Crippen LogP contribution in [0.2, 0.25) is 0 Å². The molecule has 0 saturated heterocycles. The van der Waals surface area contributed by atoms with E-state index in [0.29, 0.717) is 0 Å². The van der Waals surface area contributed by atoms with E-state index in [-0.39, 0.29) is 0 Å². The molecule has 2 aliphatic rings. The molecule has 0 aliphatic heterocycles. The largest absolute Gasteiger partial charge is 0.0617 e. The van der Waals surface area contributed by atoms with Gasteiger partial charge in [0.25, 0.3) is 0 Å². The first-order valence-corrected chi connectivity index (χ1v) is 6.85. The first kappa shape index (κ1) is 10.4. The molecular weight excluding hydrogens is 192 g/mol. The highest BCUT2D eigenvalue weighted by Crippen LogP contribution is 2.45. The van der Waals surface area contributed by atoms with E-state index in [1.54, 1.807) is 11.1 Å². The van der Waals surface area contributed by atoms with Crippen molar-refractivity contribution >= 4 is 0 Å². The molecule has 2 atom stereocenters. The van der Waals surface area contributed by atoms with Crippen LogP contribution in [0, 0.1) is 11.8 Å². The molecule has 0 heteroatoms. The molecule has 0 spiro atoms. The second kappa shape index (κ2) is 3.91. The Morgan fingerprint density at radius 3 is 1.69 bits per heavy atom. The lowest BCUT2D eigenvalue weighted by molar-refractivity contribution is 0.645. The minimum atomic E-state index is 0.784. The maximum absolute atomic E-state index is 2.48. The summed E-state index contributed by atoms with van der Waals surface area (Å²) in [4.78, 5) is 0. The highest BCUT2D eigenvalue weighted by molar-refractivity contribution is 5.30. The van der Waals surface area contributed by atoms with Gasteiger partial charge in [0, 0.05) is 0 Å². The zero-order valence-electron chi connectivity index (χ0n) is 10.4. The van der Waals surface area contributed by atoms with Gasteiger partial charge in [0.05, 0.1) is 0 Å². The summed E-state index contributed by atoms with van der Waals surface area (Å²) >= 11 is 0. The third kappa shape index (κ3) is 2.03. The number of hydrogen-bond acceptors (Lipinski definition) is 0. The summed E-state index contributed by atoms with van der Waals surface area (Å²) in [5.41, 5.74) is 3.15. The van der Waals surface area contributed by atoms with Crippen LogP contribution in [0.3, 0.4) is 0 Å². The van der Waals surface area contributed by atoms with Gasteiger partial charge < -0.3 is 0 Å². The molecule has 1 aromatic carbocycles.